The Morgan fingerprint density at radius 1 is 0.731 bits per heavy atom. The standard InChI is InChI=1S/C26H28/c1-3-22(24-15-9-5-10-16-24)20-26(25-17-11-6-12-18-25)19-21(2)23-13-7-4-8-14-23/h4-19,22,26H,3,20H2,1-2H3/b21-19-. The highest BCUT2D eigenvalue weighted by Crippen LogP contribution is 2.34. The van der Waals surface area contributed by atoms with Gasteiger partial charge in [0.1, 0.15) is 0 Å². The summed E-state index contributed by atoms with van der Waals surface area (Å²) in [5, 5.41) is 0. The minimum Gasteiger partial charge on any atom is -0.0735 e. The topological polar surface area (TPSA) is 0 Å². The summed E-state index contributed by atoms with van der Waals surface area (Å²) in [6, 6.07) is 32.6. The zero-order valence-corrected chi connectivity index (χ0v) is 15.8. The highest BCUT2D eigenvalue weighted by atomic mass is 14.2. The van der Waals surface area contributed by atoms with Gasteiger partial charge in [-0.1, -0.05) is 104 Å². The molecule has 0 saturated heterocycles. The van der Waals surface area contributed by atoms with Gasteiger partial charge in [-0.15, -0.1) is 0 Å². The van der Waals surface area contributed by atoms with Crippen molar-refractivity contribution in [2.75, 3.05) is 0 Å². The molecule has 0 aliphatic rings. The van der Waals surface area contributed by atoms with E-state index >= 15 is 0 Å². The summed E-state index contributed by atoms with van der Waals surface area (Å²) in [6.07, 6.45) is 4.75. The minimum atomic E-state index is 0.418. The van der Waals surface area contributed by atoms with E-state index in [0.29, 0.717) is 11.8 Å². The molecule has 0 aliphatic heterocycles. The molecule has 0 saturated carbocycles. The molecule has 0 radical (unpaired) electrons. The van der Waals surface area contributed by atoms with Crippen LogP contribution in [0.5, 0.6) is 0 Å². The molecule has 2 unspecified atom stereocenters. The second-order valence-electron chi connectivity index (χ2n) is 6.98. The first-order valence-corrected chi connectivity index (χ1v) is 9.61. The molecule has 0 heterocycles. The second-order valence-corrected chi connectivity index (χ2v) is 6.98. The summed E-state index contributed by atoms with van der Waals surface area (Å²) in [7, 11) is 0. The zero-order valence-electron chi connectivity index (χ0n) is 15.8. The molecule has 0 nitrogen and oxygen atoms in total. The van der Waals surface area contributed by atoms with Crippen LogP contribution in [0.4, 0.5) is 0 Å². The van der Waals surface area contributed by atoms with Gasteiger partial charge < -0.3 is 0 Å². The van der Waals surface area contributed by atoms with E-state index in [0.717, 1.165) is 12.8 Å². The van der Waals surface area contributed by atoms with Gasteiger partial charge in [0.15, 0.2) is 0 Å². The van der Waals surface area contributed by atoms with E-state index < -0.39 is 0 Å². The molecule has 0 aliphatic carbocycles. The summed E-state index contributed by atoms with van der Waals surface area (Å²) < 4.78 is 0. The maximum atomic E-state index is 2.45. The van der Waals surface area contributed by atoms with Crippen LogP contribution in [0.1, 0.15) is 55.2 Å². The minimum absolute atomic E-state index is 0.418. The van der Waals surface area contributed by atoms with Crippen molar-refractivity contribution >= 4 is 5.57 Å². The van der Waals surface area contributed by atoms with E-state index in [9.17, 15) is 0 Å². The Labute approximate surface area is 158 Å². The quantitative estimate of drug-likeness (QED) is 0.419. The van der Waals surface area contributed by atoms with Gasteiger partial charge in [0.25, 0.3) is 0 Å². The average Bonchev–Trinajstić information content (AvgIpc) is 2.73. The molecule has 0 N–H and O–H groups in total. The molecule has 0 heteroatoms. The van der Waals surface area contributed by atoms with E-state index in [-0.39, 0.29) is 0 Å². The molecule has 0 spiro atoms. The van der Waals surface area contributed by atoms with Crippen molar-refractivity contribution in [2.24, 2.45) is 0 Å². The van der Waals surface area contributed by atoms with E-state index in [4.69, 9.17) is 0 Å². The predicted molar refractivity (Wildman–Crippen MR) is 113 cm³/mol. The average molecular weight is 341 g/mol. The second kappa shape index (κ2) is 9.20. The molecular weight excluding hydrogens is 312 g/mol. The van der Waals surface area contributed by atoms with Crippen LogP contribution in [-0.4, -0.2) is 0 Å². The third kappa shape index (κ3) is 4.73. The molecule has 132 valence electrons. The van der Waals surface area contributed by atoms with Gasteiger partial charge in [-0.3, -0.25) is 0 Å². The van der Waals surface area contributed by atoms with Gasteiger partial charge in [0, 0.05) is 5.92 Å². The summed E-state index contributed by atoms with van der Waals surface area (Å²) in [5.41, 5.74) is 5.50. The van der Waals surface area contributed by atoms with Crippen LogP contribution in [0.25, 0.3) is 5.57 Å². The monoisotopic (exact) mass is 340 g/mol. The highest BCUT2D eigenvalue weighted by Gasteiger charge is 2.17. The van der Waals surface area contributed by atoms with Crippen molar-refractivity contribution < 1.29 is 0 Å². The Bertz CT molecular complexity index is 800. The molecular formula is C26H28. The molecule has 0 aromatic heterocycles. The molecule has 2 atom stereocenters. The lowest BCUT2D eigenvalue weighted by Gasteiger charge is -2.22. The van der Waals surface area contributed by atoms with Gasteiger partial charge in [0.2, 0.25) is 0 Å². The number of rotatable bonds is 7. The Balaban J connectivity index is 1.91. The first-order chi connectivity index (χ1) is 12.8. The fraction of sp³-hybridized carbons (Fsp3) is 0.231. The van der Waals surface area contributed by atoms with Crippen molar-refractivity contribution in [3.63, 3.8) is 0 Å². The maximum absolute atomic E-state index is 2.45. The summed E-state index contributed by atoms with van der Waals surface area (Å²) in [6.45, 7) is 4.53. The number of allylic oxidation sites excluding steroid dienone is 2. The maximum Gasteiger partial charge on any atom is 0.00297 e. The molecule has 3 aromatic rings. The lowest BCUT2D eigenvalue weighted by Crippen LogP contribution is -2.05. The van der Waals surface area contributed by atoms with E-state index in [1.165, 1.54) is 22.3 Å². The van der Waals surface area contributed by atoms with Crippen molar-refractivity contribution in [1.29, 1.82) is 0 Å². The van der Waals surface area contributed by atoms with Gasteiger partial charge in [-0.05, 0) is 47.9 Å². The predicted octanol–water partition coefficient (Wildman–Crippen LogP) is 7.46. The Morgan fingerprint density at radius 2 is 1.23 bits per heavy atom. The largest absolute Gasteiger partial charge is 0.0735 e. The van der Waals surface area contributed by atoms with E-state index in [2.05, 4.69) is 111 Å². The molecule has 26 heavy (non-hydrogen) atoms. The number of hydrogen-bond donors (Lipinski definition) is 0. The first kappa shape index (κ1) is 18.2. The molecule has 3 rings (SSSR count). The number of benzene rings is 3. The van der Waals surface area contributed by atoms with Crippen LogP contribution in [0.15, 0.2) is 97.1 Å². The highest BCUT2D eigenvalue weighted by molar-refractivity contribution is 5.64. The van der Waals surface area contributed by atoms with Crippen molar-refractivity contribution in [3.05, 3.63) is 114 Å². The van der Waals surface area contributed by atoms with Gasteiger partial charge in [-0.25, -0.2) is 0 Å². The molecule has 0 amide bonds. The van der Waals surface area contributed by atoms with Crippen LogP contribution in [-0.2, 0) is 0 Å². The summed E-state index contributed by atoms with van der Waals surface area (Å²) in [4.78, 5) is 0. The lowest BCUT2D eigenvalue weighted by molar-refractivity contribution is 0.571. The van der Waals surface area contributed by atoms with Gasteiger partial charge >= 0.3 is 0 Å². The smallest absolute Gasteiger partial charge is 0.00297 e. The lowest BCUT2D eigenvalue weighted by atomic mass is 9.82. The Hall–Kier alpha value is -2.60. The van der Waals surface area contributed by atoms with Gasteiger partial charge in [-0.2, -0.15) is 0 Å². The van der Waals surface area contributed by atoms with Crippen LogP contribution >= 0.6 is 0 Å². The molecule has 0 bridgehead atoms. The normalized spacial score (nSPS) is 14.0. The number of hydrogen-bond acceptors (Lipinski definition) is 0. The summed E-state index contributed by atoms with van der Waals surface area (Å²) >= 11 is 0. The van der Waals surface area contributed by atoms with Crippen molar-refractivity contribution in [3.8, 4) is 0 Å². The third-order valence-corrected chi connectivity index (χ3v) is 5.21. The Morgan fingerprint density at radius 3 is 1.77 bits per heavy atom. The first-order valence-electron chi connectivity index (χ1n) is 9.61. The van der Waals surface area contributed by atoms with E-state index in [1.54, 1.807) is 0 Å². The summed E-state index contributed by atoms with van der Waals surface area (Å²) in [5.74, 6) is 0.989. The fourth-order valence-corrected chi connectivity index (χ4v) is 3.67. The van der Waals surface area contributed by atoms with Crippen LogP contribution in [0.3, 0.4) is 0 Å². The SMILES string of the molecule is CCC(CC(/C=C(/C)c1ccccc1)c1ccccc1)c1ccccc1. The van der Waals surface area contributed by atoms with Gasteiger partial charge in [0.05, 0.1) is 0 Å². The van der Waals surface area contributed by atoms with Crippen LogP contribution < -0.4 is 0 Å². The van der Waals surface area contributed by atoms with Crippen LogP contribution in [0, 0.1) is 0 Å². The van der Waals surface area contributed by atoms with Crippen LogP contribution in [0.2, 0.25) is 0 Å². The van der Waals surface area contributed by atoms with E-state index in [1.807, 2.05) is 0 Å². The third-order valence-electron chi connectivity index (χ3n) is 5.21. The van der Waals surface area contributed by atoms with Crippen molar-refractivity contribution in [1.82, 2.24) is 0 Å². The Kier molecular flexibility index (Phi) is 6.44. The molecule has 0 fully saturated rings. The zero-order chi connectivity index (χ0) is 18.2. The molecule has 3 aromatic carbocycles. The van der Waals surface area contributed by atoms with Crippen molar-refractivity contribution in [2.45, 2.75) is 38.5 Å². The fourth-order valence-electron chi connectivity index (χ4n) is 3.67.